The van der Waals surface area contributed by atoms with Gasteiger partial charge in [-0.1, -0.05) is 51.0 Å². The summed E-state index contributed by atoms with van der Waals surface area (Å²) >= 11 is 0. The molecule has 1 rings (SSSR count). The molecule has 96 valence electrons. The molecule has 0 aromatic heterocycles. The molecule has 0 aliphatic carbocycles. The number of hydrogen-bond acceptors (Lipinski definition) is 1. The van der Waals surface area contributed by atoms with Gasteiger partial charge in [-0.25, -0.2) is 0 Å². The summed E-state index contributed by atoms with van der Waals surface area (Å²) in [7, 11) is 0. The van der Waals surface area contributed by atoms with Gasteiger partial charge in [0.15, 0.2) is 0 Å². The summed E-state index contributed by atoms with van der Waals surface area (Å²) in [4.78, 5) is 0. The van der Waals surface area contributed by atoms with E-state index in [2.05, 4.69) is 50.4 Å². The molecule has 0 saturated carbocycles. The topological polar surface area (TPSA) is 12.0 Å². The van der Waals surface area contributed by atoms with Crippen LogP contribution in [0, 0.1) is 12.8 Å². The van der Waals surface area contributed by atoms with Gasteiger partial charge in [-0.05, 0) is 49.9 Å². The van der Waals surface area contributed by atoms with E-state index >= 15 is 0 Å². The monoisotopic (exact) mass is 233 g/mol. The van der Waals surface area contributed by atoms with Gasteiger partial charge in [-0.3, -0.25) is 0 Å². The van der Waals surface area contributed by atoms with Gasteiger partial charge in [0.2, 0.25) is 0 Å². The van der Waals surface area contributed by atoms with Crippen molar-refractivity contribution < 1.29 is 0 Å². The van der Waals surface area contributed by atoms with Gasteiger partial charge in [0.25, 0.3) is 0 Å². The minimum absolute atomic E-state index is 0.788. The smallest absolute Gasteiger partial charge is 0.00175 e. The molecule has 1 nitrogen and oxygen atoms in total. The van der Waals surface area contributed by atoms with Crippen LogP contribution in [0.15, 0.2) is 24.3 Å². The highest BCUT2D eigenvalue weighted by molar-refractivity contribution is 5.25. The van der Waals surface area contributed by atoms with Crippen LogP contribution in [0.3, 0.4) is 0 Å². The first kappa shape index (κ1) is 14.2. The molecule has 0 aliphatic heterocycles. The van der Waals surface area contributed by atoms with E-state index < -0.39 is 0 Å². The Labute approximate surface area is 107 Å². The zero-order valence-electron chi connectivity index (χ0n) is 11.6. The third-order valence-electron chi connectivity index (χ3n) is 3.42. The van der Waals surface area contributed by atoms with Crippen molar-refractivity contribution >= 4 is 0 Å². The molecular weight excluding hydrogens is 206 g/mol. The van der Waals surface area contributed by atoms with Crippen molar-refractivity contribution in [2.24, 2.45) is 5.92 Å². The molecular formula is C16H27N. The van der Waals surface area contributed by atoms with Crippen LogP contribution in [0.2, 0.25) is 0 Å². The third-order valence-corrected chi connectivity index (χ3v) is 3.42. The lowest BCUT2D eigenvalue weighted by molar-refractivity contribution is 0.433. The Morgan fingerprint density at radius 2 is 1.94 bits per heavy atom. The summed E-state index contributed by atoms with van der Waals surface area (Å²) in [6, 6.07) is 8.79. The average molecular weight is 233 g/mol. The number of aryl methyl sites for hydroxylation is 1. The van der Waals surface area contributed by atoms with Crippen LogP contribution >= 0.6 is 0 Å². The Hall–Kier alpha value is -0.820. The molecule has 0 radical (unpaired) electrons. The Morgan fingerprint density at radius 3 is 2.59 bits per heavy atom. The maximum absolute atomic E-state index is 3.50. The summed E-state index contributed by atoms with van der Waals surface area (Å²) in [5, 5.41) is 3.50. The van der Waals surface area contributed by atoms with Gasteiger partial charge in [0.1, 0.15) is 0 Å². The highest BCUT2D eigenvalue weighted by atomic mass is 14.8. The Kier molecular flexibility index (Phi) is 6.95. The van der Waals surface area contributed by atoms with Crippen molar-refractivity contribution in [2.75, 3.05) is 13.1 Å². The van der Waals surface area contributed by atoms with Crippen LogP contribution < -0.4 is 5.32 Å². The van der Waals surface area contributed by atoms with Gasteiger partial charge in [0, 0.05) is 0 Å². The fourth-order valence-electron chi connectivity index (χ4n) is 2.27. The van der Waals surface area contributed by atoms with Gasteiger partial charge in [-0.2, -0.15) is 0 Å². The minimum atomic E-state index is 0.788. The second-order valence-corrected chi connectivity index (χ2v) is 4.95. The highest BCUT2D eigenvalue weighted by Gasteiger charge is 2.09. The summed E-state index contributed by atoms with van der Waals surface area (Å²) in [6.07, 6.45) is 5.22. The first-order valence-electron chi connectivity index (χ1n) is 7.03. The summed E-state index contributed by atoms with van der Waals surface area (Å²) < 4.78 is 0. The second-order valence-electron chi connectivity index (χ2n) is 4.95. The van der Waals surface area contributed by atoms with Crippen LogP contribution in [0.25, 0.3) is 0 Å². The van der Waals surface area contributed by atoms with Crippen molar-refractivity contribution in [3.05, 3.63) is 35.4 Å². The molecule has 1 aromatic rings. The molecule has 1 N–H and O–H groups in total. The molecule has 0 fully saturated rings. The molecule has 1 aromatic carbocycles. The van der Waals surface area contributed by atoms with E-state index in [-0.39, 0.29) is 0 Å². The van der Waals surface area contributed by atoms with Crippen LogP contribution in [-0.2, 0) is 6.42 Å². The quantitative estimate of drug-likeness (QED) is 0.717. The first-order valence-corrected chi connectivity index (χ1v) is 7.03. The first-order chi connectivity index (χ1) is 8.27. The largest absolute Gasteiger partial charge is 0.317 e. The van der Waals surface area contributed by atoms with E-state index in [0.29, 0.717) is 0 Å². The fraction of sp³-hybridized carbons (Fsp3) is 0.625. The predicted molar refractivity (Wildman–Crippen MR) is 76.4 cm³/mol. The lowest BCUT2D eigenvalue weighted by Gasteiger charge is -2.18. The zero-order valence-corrected chi connectivity index (χ0v) is 11.6. The Morgan fingerprint density at radius 1 is 1.18 bits per heavy atom. The number of benzene rings is 1. The molecule has 0 heterocycles. The maximum atomic E-state index is 3.50. The van der Waals surface area contributed by atoms with Crippen LogP contribution in [-0.4, -0.2) is 13.1 Å². The van der Waals surface area contributed by atoms with E-state index in [1.165, 1.54) is 36.8 Å². The third kappa shape index (κ3) is 5.36. The van der Waals surface area contributed by atoms with E-state index in [9.17, 15) is 0 Å². The van der Waals surface area contributed by atoms with Crippen molar-refractivity contribution in [1.29, 1.82) is 0 Å². The standard InChI is InChI=1S/C16H27N/c1-4-6-10-15(13-17-5-2)12-16-11-8-7-9-14(16)3/h7-9,11,15,17H,4-6,10,12-13H2,1-3H3. The van der Waals surface area contributed by atoms with E-state index in [0.717, 1.165) is 19.0 Å². The van der Waals surface area contributed by atoms with E-state index in [4.69, 9.17) is 0 Å². The van der Waals surface area contributed by atoms with Crippen LogP contribution in [0.1, 0.15) is 44.2 Å². The second kappa shape index (κ2) is 8.30. The molecule has 0 saturated heterocycles. The molecule has 0 aliphatic rings. The normalized spacial score (nSPS) is 12.6. The highest BCUT2D eigenvalue weighted by Crippen LogP contribution is 2.17. The Bertz CT molecular complexity index is 298. The molecule has 1 atom stereocenters. The average Bonchev–Trinajstić information content (AvgIpc) is 2.35. The van der Waals surface area contributed by atoms with E-state index in [1.54, 1.807) is 0 Å². The number of rotatable bonds is 8. The molecule has 1 unspecified atom stereocenters. The molecule has 17 heavy (non-hydrogen) atoms. The number of nitrogens with one attached hydrogen (secondary N) is 1. The molecule has 0 amide bonds. The van der Waals surface area contributed by atoms with Crippen molar-refractivity contribution in [2.45, 2.75) is 46.5 Å². The lowest BCUT2D eigenvalue weighted by Crippen LogP contribution is -2.24. The van der Waals surface area contributed by atoms with Gasteiger partial charge in [-0.15, -0.1) is 0 Å². The SMILES string of the molecule is CCCCC(CNCC)Cc1ccccc1C. The maximum Gasteiger partial charge on any atom is -0.00175 e. The van der Waals surface area contributed by atoms with Gasteiger partial charge in [0.05, 0.1) is 0 Å². The van der Waals surface area contributed by atoms with Crippen LogP contribution in [0.4, 0.5) is 0 Å². The summed E-state index contributed by atoms with van der Waals surface area (Å²) in [5.74, 6) is 0.788. The van der Waals surface area contributed by atoms with E-state index in [1.807, 2.05) is 0 Å². The number of hydrogen-bond donors (Lipinski definition) is 1. The summed E-state index contributed by atoms with van der Waals surface area (Å²) in [6.45, 7) is 8.92. The molecule has 0 spiro atoms. The van der Waals surface area contributed by atoms with Crippen molar-refractivity contribution in [1.82, 2.24) is 5.32 Å². The molecule has 1 heteroatoms. The molecule has 0 bridgehead atoms. The van der Waals surface area contributed by atoms with Crippen LogP contribution in [0.5, 0.6) is 0 Å². The minimum Gasteiger partial charge on any atom is -0.317 e. The Balaban J connectivity index is 2.55. The summed E-state index contributed by atoms with van der Waals surface area (Å²) in [5.41, 5.74) is 2.96. The predicted octanol–water partition coefficient (Wildman–Crippen LogP) is 3.95. The van der Waals surface area contributed by atoms with Crippen molar-refractivity contribution in [3.8, 4) is 0 Å². The fourth-order valence-corrected chi connectivity index (χ4v) is 2.27. The van der Waals surface area contributed by atoms with Gasteiger partial charge >= 0.3 is 0 Å². The lowest BCUT2D eigenvalue weighted by atomic mass is 9.92. The zero-order chi connectivity index (χ0) is 12.5. The number of unbranched alkanes of at least 4 members (excludes halogenated alkanes) is 1. The van der Waals surface area contributed by atoms with Gasteiger partial charge < -0.3 is 5.32 Å². The van der Waals surface area contributed by atoms with Crippen molar-refractivity contribution in [3.63, 3.8) is 0 Å².